The monoisotopic (exact) mass is 262 g/mol. The first-order valence-corrected chi connectivity index (χ1v) is 5.43. The molecule has 0 aromatic heterocycles. The maximum absolute atomic E-state index is 12.5. The van der Waals surface area contributed by atoms with Crippen LogP contribution < -0.4 is 0 Å². The van der Waals surface area contributed by atoms with Crippen LogP contribution in [-0.2, 0) is 10.2 Å². The Morgan fingerprint density at radius 1 is 1.08 bits per heavy atom. The highest BCUT2D eigenvalue weighted by molar-refractivity contribution is 7.86. The lowest BCUT2D eigenvalue weighted by Crippen LogP contribution is -1.94. The first-order valence-electron chi connectivity index (χ1n) is 2.91. The van der Waals surface area contributed by atoms with Crippen molar-refractivity contribution in [3.8, 4) is 0 Å². The zero-order valence-corrected chi connectivity index (χ0v) is 8.98. The summed E-state index contributed by atoms with van der Waals surface area (Å²) in [4.78, 5) is -0.750. The largest absolute Gasteiger partial charge is 0.335 e. The van der Waals surface area contributed by atoms with E-state index in [1.807, 2.05) is 0 Å². The molecule has 0 spiro atoms. The van der Waals surface area contributed by atoms with Gasteiger partial charge >= 0.3 is 10.2 Å². The van der Waals surface area contributed by atoms with Gasteiger partial charge in [-0.3, -0.25) is 0 Å². The van der Waals surface area contributed by atoms with Crippen molar-refractivity contribution in [2.45, 2.75) is 4.90 Å². The van der Waals surface area contributed by atoms with E-state index >= 15 is 0 Å². The molecular weight excluding hydrogens is 261 g/mol. The average molecular weight is 264 g/mol. The lowest BCUT2D eigenvalue weighted by atomic mass is 10.4. The van der Waals surface area contributed by atoms with Gasteiger partial charge in [0.2, 0.25) is 0 Å². The van der Waals surface area contributed by atoms with Crippen LogP contribution in [0.5, 0.6) is 0 Å². The Bertz CT molecular complexity index is 420. The van der Waals surface area contributed by atoms with Gasteiger partial charge in [0.1, 0.15) is 4.90 Å². The third-order valence-electron chi connectivity index (χ3n) is 1.21. The van der Waals surface area contributed by atoms with Gasteiger partial charge in [-0.1, -0.05) is 34.8 Å². The van der Waals surface area contributed by atoms with Gasteiger partial charge in [-0.2, -0.15) is 8.42 Å². The van der Waals surface area contributed by atoms with E-state index in [0.29, 0.717) is 0 Å². The number of hydrogen-bond donors (Lipinski definition) is 0. The lowest BCUT2D eigenvalue weighted by Gasteiger charge is -2.01. The topological polar surface area (TPSA) is 34.1 Å². The Balaban J connectivity index is 3.57. The van der Waals surface area contributed by atoms with E-state index < -0.39 is 15.1 Å². The zero-order chi connectivity index (χ0) is 10.2. The van der Waals surface area contributed by atoms with Crippen molar-refractivity contribution in [2.24, 2.45) is 0 Å². The molecule has 0 bridgehead atoms. The molecule has 2 nitrogen and oxygen atoms in total. The Kier molecular flexibility index (Phi) is 3.07. The molecule has 13 heavy (non-hydrogen) atoms. The van der Waals surface area contributed by atoms with Crippen molar-refractivity contribution >= 4 is 45.0 Å². The molecule has 1 aromatic rings. The number of rotatable bonds is 1. The van der Waals surface area contributed by atoms with E-state index in [0.717, 1.165) is 12.1 Å². The van der Waals surface area contributed by atoms with E-state index in [-0.39, 0.29) is 15.1 Å². The van der Waals surface area contributed by atoms with Crippen LogP contribution >= 0.6 is 34.8 Å². The first kappa shape index (κ1) is 11.0. The van der Waals surface area contributed by atoms with Crippen molar-refractivity contribution in [1.29, 1.82) is 0 Å². The molecule has 0 amide bonds. The third-order valence-corrected chi connectivity index (χ3v) is 3.17. The SMILES string of the molecule is O=S(=O)(F)c1c(Cl)cc(Cl)cc1Cl. The Hall–Kier alpha value is -0.0300. The Morgan fingerprint density at radius 3 is 1.77 bits per heavy atom. The summed E-state index contributed by atoms with van der Waals surface area (Å²) in [5.41, 5.74) is 0. The number of hydrogen-bond acceptors (Lipinski definition) is 2. The molecule has 0 aliphatic rings. The molecule has 0 fully saturated rings. The van der Waals surface area contributed by atoms with E-state index in [1.165, 1.54) is 0 Å². The van der Waals surface area contributed by atoms with Crippen LogP contribution in [0.1, 0.15) is 0 Å². The predicted octanol–water partition coefficient (Wildman–Crippen LogP) is 3.31. The highest BCUT2D eigenvalue weighted by atomic mass is 35.5. The van der Waals surface area contributed by atoms with Gasteiger partial charge in [0.05, 0.1) is 10.0 Å². The summed E-state index contributed by atoms with van der Waals surface area (Å²) >= 11 is 16.3. The molecular formula is C6H2Cl3FO2S. The minimum Gasteiger partial charge on any atom is -0.189 e. The van der Waals surface area contributed by atoms with Crippen molar-refractivity contribution in [3.63, 3.8) is 0 Å². The van der Waals surface area contributed by atoms with Crippen LogP contribution in [0.3, 0.4) is 0 Å². The molecule has 0 aliphatic carbocycles. The van der Waals surface area contributed by atoms with E-state index in [2.05, 4.69) is 0 Å². The van der Waals surface area contributed by atoms with Gasteiger partial charge in [0.25, 0.3) is 0 Å². The molecule has 0 aliphatic heterocycles. The fourth-order valence-electron chi connectivity index (χ4n) is 0.762. The quantitative estimate of drug-likeness (QED) is 0.729. The second-order valence-electron chi connectivity index (χ2n) is 2.14. The molecule has 0 atom stereocenters. The van der Waals surface area contributed by atoms with E-state index in [4.69, 9.17) is 34.8 Å². The van der Waals surface area contributed by atoms with Crippen LogP contribution in [-0.4, -0.2) is 8.42 Å². The molecule has 1 aromatic carbocycles. The van der Waals surface area contributed by atoms with Crippen LogP contribution in [0.15, 0.2) is 17.0 Å². The standard InChI is InChI=1S/C6H2Cl3FO2S/c7-3-1-4(8)6(5(9)2-3)13(10,11)12/h1-2H. The van der Waals surface area contributed by atoms with Gasteiger partial charge in [-0.15, -0.1) is 3.89 Å². The van der Waals surface area contributed by atoms with Crippen LogP contribution in [0.2, 0.25) is 15.1 Å². The van der Waals surface area contributed by atoms with Crippen LogP contribution in [0, 0.1) is 0 Å². The first-order chi connectivity index (χ1) is 5.82. The number of benzene rings is 1. The molecule has 0 N–H and O–H groups in total. The normalized spacial score (nSPS) is 11.7. The van der Waals surface area contributed by atoms with Gasteiger partial charge in [-0.25, -0.2) is 0 Å². The fourth-order valence-corrected chi connectivity index (χ4v) is 2.72. The van der Waals surface area contributed by atoms with Gasteiger partial charge in [-0.05, 0) is 12.1 Å². The van der Waals surface area contributed by atoms with Crippen molar-refractivity contribution in [2.75, 3.05) is 0 Å². The third kappa shape index (κ3) is 2.47. The summed E-state index contributed by atoms with van der Waals surface area (Å²) in [5.74, 6) is 0. The Morgan fingerprint density at radius 2 is 1.46 bits per heavy atom. The van der Waals surface area contributed by atoms with Gasteiger partial charge < -0.3 is 0 Å². The molecule has 72 valence electrons. The maximum Gasteiger partial charge on any atom is 0.335 e. The second-order valence-corrected chi connectivity index (χ2v) is 4.67. The predicted molar refractivity (Wildman–Crippen MR) is 49.8 cm³/mol. The molecule has 0 unspecified atom stereocenters. The van der Waals surface area contributed by atoms with Gasteiger partial charge in [0.15, 0.2) is 0 Å². The summed E-state index contributed by atoms with van der Waals surface area (Å²) in [6.07, 6.45) is 0. The zero-order valence-electron chi connectivity index (χ0n) is 5.89. The molecule has 0 saturated carbocycles. The van der Waals surface area contributed by atoms with Gasteiger partial charge in [0, 0.05) is 5.02 Å². The van der Waals surface area contributed by atoms with Crippen molar-refractivity contribution < 1.29 is 12.3 Å². The summed E-state index contributed by atoms with van der Waals surface area (Å²) in [5, 5.41) is -0.526. The van der Waals surface area contributed by atoms with E-state index in [9.17, 15) is 12.3 Å². The molecule has 7 heteroatoms. The molecule has 0 radical (unpaired) electrons. The van der Waals surface area contributed by atoms with E-state index in [1.54, 1.807) is 0 Å². The fraction of sp³-hybridized carbons (Fsp3) is 0. The van der Waals surface area contributed by atoms with Crippen LogP contribution in [0.4, 0.5) is 3.89 Å². The summed E-state index contributed by atoms with van der Waals surface area (Å²) in [6, 6.07) is 2.20. The van der Waals surface area contributed by atoms with Crippen LogP contribution in [0.25, 0.3) is 0 Å². The Labute approximate surface area is 89.4 Å². The highest BCUT2D eigenvalue weighted by Crippen LogP contribution is 2.33. The smallest absolute Gasteiger partial charge is 0.189 e. The summed E-state index contributed by atoms with van der Waals surface area (Å²) in [7, 11) is -4.90. The minimum absolute atomic E-state index is 0.141. The molecule has 0 saturated heterocycles. The summed E-state index contributed by atoms with van der Waals surface area (Å²) < 4.78 is 33.5. The second kappa shape index (κ2) is 3.61. The lowest BCUT2D eigenvalue weighted by molar-refractivity contribution is 0.552. The van der Waals surface area contributed by atoms with Crippen molar-refractivity contribution in [3.05, 3.63) is 27.2 Å². The maximum atomic E-state index is 12.5. The molecule has 0 heterocycles. The molecule has 1 rings (SSSR count). The minimum atomic E-state index is -4.90. The van der Waals surface area contributed by atoms with Crippen molar-refractivity contribution in [1.82, 2.24) is 0 Å². The number of halogens is 4. The highest BCUT2D eigenvalue weighted by Gasteiger charge is 2.21. The average Bonchev–Trinajstić information content (AvgIpc) is 1.78. The summed E-state index contributed by atoms with van der Waals surface area (Å²) in [6.45, 7) is 0.